The topological polar surface area (TPSA) is 50.4 Å². The van der Waals surface area contributed by atoms with Crippen molar-refractivity contribution < 1.29 is 9.53 Å². The predicted molar refractivity (Wildman–Crippen MR) is 88.8 cm³/mol. The van der Waals surface area contributed by atoms with Crippen LogP contribution in [0.2, 0.25) is 0 Å². The number of unbranched alkanes of at least 4 members (excludes halogenated alkanes) is 2. The molecule has 0 bridgehead atoms. The predicted octanol–water partition coefficient (Wildman–Crippen LogP) is 3.27. The average molecular weight is 306 g/mol. The molecular weight excluding hydrogens is 284 g/mol. The van der Waals surface area contributed by atoms with Gasteiger partial charge in [-0.1, -0.05) is 32.0 Å². The summed E-state index contributed by atoms with van der Waals surface area (Å²) < 4.78 is 5.63. The molecule has 114 valence electrons. The molecule has 0 aromatic heterocycles. The summed E-state index contributed by atoms with van der Waals surface area (Å²) in [5.41, 5.74) is 0.723. The van der Waals surface area contributed by atoms with Crippen LogP contribution in [0, 0.1) is 0 Å². The summed E-state index contributed by atoms with van der Waals surface area (Å²) in [6, 6.07) is 7.76. The molecule has 2 N–H and O–H groups in total. The number of amides is 1. The Morgan fingerprint density at radius 2 is 2.00 bits per heavy atom. The second kappa shape index (κ2) is 7.98. The van der Waals surface area contributed by atoms with Crippen LogP contribution in [0.25, 0.3) is 0 Å². The molecule has 0 aliphatic heterocycles. The third-order valence-corrected chi connectivity index (χ3v) is 3.55. The number of carbonyl (C=O) groups is 1. The van der Waals surface area contributed by atoms with Crippen LogP contribution in [-0.2, 0) is 4.79 Å². The highest BCUT2D eigenvalue weighted by Crippen LogP contribution is 2.19. The van der Waals surface area contributed by atoms with E-state index in [1.165, 1.54) is 12.8 Å². The molecule has 0 spiro atoms. The monoisotopic (exact) mass is 306 g/mol. The second-order valence-electron chi connectivity index (χ2n) is 5.28. The highest BCUT2D eigenvalue weighted by Gasteiger charge is 2.24. The molecule has 0 unspecified atom stereocenters. The molecule has 0 radical (unpaired) electrons. The first-order valence-corrected chi connectivity index (χ1v) is 7.94. The lowest BCUT2D eigenvalue weighted by Gasteiger charge is -2.09. The number of ether oxygens (including phenoxy) is 1. The van der Waals surface area contributed by atoms with Gasteiger partial charge in [0, 0.05) is 11.7 Å². The average Bonchev–Trinajstić information content (AvgIpc) is 3.29. The summed E-state index contributed by atoms with van der Waals surface area (Å²) >= 11 is 5.05. The maximum atomic E-state index is 11.9. The maximum Gasteiger partial charge on any atom is 0.283 e. The van der Waals surface area contributed by atoms with E-state index >= 15 is 0 Å². The van der Waals surface area contributed by atoms with Crippen LogP contribution in [0.3, 0.4) is 0 Å². The normalized spacial score (nSPS) is 13.6. The Labute approximate surface area is 131 Å². The minimum absolute atomic E-state index is 0.256. The van der Waals surface area contributed by atoms with E-state index in [9.17, 15) is 4.79 Å². The van der Waals surface area contributed by atoms with Gasteiger partial charge in [0.15, 0.2) is 4.99 Å². The van der Waals surface area contributed by atoms with Gasteiger partial charge in [-0.15, -0.1) is 0 Å². The van der Waals surface area contributed by atoms with Gasteiger partial charge >= 0.3 is 0 Å². The van der Waals surface area contributed by atoms with Crippen LogP contribution in [0.5, 0.6) is 5.75 Å². The molecule has 21 heavy (non-hydrogen) atoms. The summed E-state index contributed by atoms with van der Waals surface area (Å²) in [6.45, 7) is 2.90. The fourth-order valence-corrected chi connectivity index (χ4v) is 2.06. The number of anilines is 1. The summed E-state index contributed by atoms with van der Waals surface area (Å²) in [5, 5.41) is 5.80. The van der Waals surface area contributed by atoms with E-state index in [2.05, 4.69) is 17.6 Å². The number of carbonyl (C=O) groups excluding carboxylic acids is 1. The number of thiocarbonyl (C=S) groups is 1. The lowest BCUT2D eigenvalue weighted by atomic mass is 10.2. The van der Waals surface area contributed by atoms with Crippen LogP contribution < -0.4 is 15.4 Å². The molecule has 0 heterocycles. The number of hydrogen-bond donors (Lipinski definition) is 2. The van der Waals surface area contributed by atoms with Crippen LogP contribution >= 0.6 is 12.2 Å². The molecule has 1 fully saturated rings. The molecule has 1 aliphatic rings. The van der Waals surface area contributed by atoms with Gasteiger partial charge in [0.2, 0.25) is 0 Å². The third kappa shape index (κ3) is 5.71. The zero-order valence-corrected chi connectivity index (χ0v) is 13.2. The fourth-order valence-electron chi connectivity index (χ4n) is 1.84. The Balaban J connectivity index is 1.75. The van der Waals surface area contributed by atoms with E-state index in [-0.39, 0.29) is 10.9 Å². The Bertz CT molecular complexity index is 484. The Morgan fingerprint density at radius 3 is 2.62 bits per heavy atom. The van der Waals surface area contributed by atoms with Crippen molar-refractivity contribution in [2.24, 2.45) is 0 Å². The first kappa shape index (κ1) is 15.8. The van der Waals surface area contributed by atoms with Gasteiger partial charge in [0.05, 0.1) is 6.61 Å². The Kier molecular flexibility index (Phi) is 5.99. The lowest BCUT2D eigenvalue weighted by Crippen LogP contribution is -2.35. The van der Waals surface area contributed by atoms with Crippen molar-refractivity contribution >= 4 is 28.8 Å². The van der Waals surface area contributed by atoms with Crippen LogP contribution in [0.15, 0.2) is 24.3 Å². The van der Waals surface area contributed by atoms with Crippen molar-refractivity contribution in [3.8, 4) is 5.75 Å². The van der Waals surface area contributed by atoms with E-state index < -0.39 is 0 Å². The molecule has 0 atom stereocenters. The quantitative estimate of drug-likeness (QED) is 0.599. The van der Waals surface area contributed by atoms with Gasteiger partial charge in [-0.25, -0.2) is 0 Å². The standard InChI is InChI=1S/C16H22N2O2S/c1-2-3-4-11-20-14-9-7-12(8-10-14)17-15(19)16(21)18-13-5-6-13/h7-10,13H,2-6,11H2,1H3,(H,17,19)(H,18,21). The second-order valence-corrected chi connectivity index (χ2v) is 5.69. The molecule has 1 aliphatic carbocycles. The molecule has 4 nitrogen and oxygen atoms in total. The zero-order valence-electron chi connectivity index (χ0n) is 12.4. The molecule has 0 saturated heterocycles. The molecule has 5 heteroatoms. The summed E-state index contributed by atoms with van der Waals surface area (Å²) in [6.07, 6.45) is 5.62. The number of hydrogen-bond acceptors (Lipinski definition) is 3. The first-order valence-electron chi connectivity index (χ1n) is 7.53. The maximum absolute atomic E-state index is 11.9. The molecule has 1 aromatic carbocycles. The van der Waals surface area contributed by atoms with Crippen molar-refractivity contribution in [2.45, 2.75) is 45.1 Å². The summed E-state index contributed by atoms with van der Waals surface area (Å²) in [4.78, 5) is 12.1. The molecule has 1 aromatic rings. The highest BCUT2D eigenvalue weighted by atomic mass is 32.1. The lowest BCUT2D eigenvalue weighted by molar-refractivity contribution is -0.110. The molecule has 1 saturated carbocycles. The van der Waals surface area contributed by atoms with Crippen molar-refractivity contribution in [3.05, 3.63) is 24.3 Å². The Morgan fingerprint density at radius 1 is 1.29 bits per heavy atom. The highest BCUT2D eigenvalue weighted by molar-refractivity contribution is 7.82. The van der Waals surface area contributed by atoms with Gasteiger partial charge in [0.25, 0.3) is 5.91 Å². The van der Waals surface area contributed by atoms with Gasteiger partial charge in [-0.05, 0) is 43.5 Å². The van der Waals surface area contributed by atoms with Gasteiger partial charge < -0.3 is 15.4 Å². The van der Waals surface area contributed by atoms with E-state index in [0.717, 1.165) is 37.3 Å². The van der Waals surface area contributed by atoms with Crippen molar-refractivity contribution in [2.75, 3.05) is 11.9 Å². The van der Waals surface area contributed by atoms with Crippen LogP contribution in [0.4, 0.5) is 5.69 Å². The number of benzene rings is 1. The number of rotatable bonds is 7. The summed E-state index contributed by atoms with van der Waals surface area (Å²) in [7, 11) is 0. The minimum atomic E-state index is -0.256. The minimum Gasteiger partial charge on any atom is -0.494 e. The molecule has 2 rings (SSSR count). The van der Waals surface area contributed by atoms with E-state index in [4.69, 9.17) is 17.0 Å². The van der Waals surface area contributed by atoms with Crippen LogP contribution in [-0.4, -0.2) is 23.5 Å². The van der Waals surface area contributed by atoms with Crippen molar-refractivity contribution in [3.63, 3.8) is 0 Å². The third-order valence-electron chi connectivity index (χ3n) is 3.25. The summed E-state index contributed by atoms with van der Waals surface area (Å²) in [5.74, 6) is 0.566. The SMILES string of the molecule is CCCCCOc1ccc(NC(=O)C(=S)NC2CC2)cc1. The largest absolute Gasteiger partial charge is 0.494 e. The van der Waals surface area contributed by atoms with Crippen molar-refractivity contribution in [1.29, 1.82) is 0 Å². The van der Waals surface area contributed by atoms with Gasteiger partial charge in [-0.3, -0.25) is 4.79 Å². The zero-order chi connectivity index (χ0) is 15.1. The van der Waals surface area contributed by atoms with Crippen molar-refractivity contribution in [1.82, 2.24) is 5.32 Å². The molecular formula is C16H22N2O2S. The Hall–Kier alpha value is -1.62. The van der Waals surface area contributed by atoms with Gasteiger partial charge in [0.1, 0.15) is 5.75 Å². The first-order chi connectivity index (χ1) is 10.2. The fraction of sp³-hybridized carbons (Fsp3) is 0.500. The van der Waals surface area contributed by atoms with Crippen LogP contribution in [0.1, 0.15) is 39.0 Å². The molecule has 1 amide bonds. The van der Waals surface area contributed by atoms with E-state index in [1.807, 2.05) is 24.3 Å². The smallest absolute Gasteiger partial charge is 0.283 e. The van der Waals surface area contributed by atoms with E-state index in [0.29, 0.717) is 6.04 Å². The van der Waals surface area contributed by atoms with E-state index in [1.54, 1.807) is 0 Å². The number of nitrogens with one attached hydrogen (secondary N) is 2. The van der Waals surface area contributed by atoms with Gasteiger partial charge in [-0.2, -0.15) is 0 Å².